The Hall–Kier alpha value is -3.17. The van der Waals surface area contributed by atoms with Crippen molar-refractivity contribution in [1.82, 2.24) is 5.06 Å². The fourth-order valence-corrected chi connectivity index (χ4v) is 6.30. The van der Waals surface area contributed by atoms with Gasteiger partial charge in [0.25, 0.3) is 5.91 Å². The van der Waals surface area contributed by atoms with Crippen LogP contribution in [-0.4, -0.2) is 51.9 Å². The number of carbonyl (C=O) groups excluding carboxylic acids is 2. The molecule has 180 valence electrons. The van der Waals surface area contributed by atoms with Gasteiger partial charge in [0.2, 0.25) is 0 Å². The lowest BCUT2D eigenvalue weighted by molar-refractivity contribution is -0.116. The minimum Gasteiger partial charge on any atom is -0.511 e. The Kier molecular flexibility index (Phi) is 5.29. The second-order valence-electron chi connectivity index (χ2n) is 9.87. The van der Waals surface area contributed by atoms with Gasteiger partial charge in [-0.1, -0.05) is 6.07 Å². The van der Waals surface area contributed by atoms with Gasteiger partial charge in [0, 0.05) is 25.1 Å². The first kappa shape index (κ1) is 22.6. The highest BCUT2D eigenvalue weighted by atomic mass is 16.7. The van der Waals surface area contributed by atoms with Gasteiger partial charge in [0.15, 0.2) is 5.78 Å². The van der Waals surface area contributed by atoms with Crippen LogP contribution in [-0.2, 0) is 22.6 Å². The number of fused-ring (bicyclic) bond motifs is 3. The summed E-state index contributed by atoms with van der Waals surface area (Å²) in [4.78, 5) is 31.0. The van der Waals surface area contributed by atoms with Crippen LogP contribution >= 0.6 is 0 Å². The number of phenols is 1. The Morgan fingerprint density at radius 1 is 1.24 bits per heavy atom. The van der Waals surface area contributed by atoms with Crippen LogP contribution in [0.5, 0.6) is 5.75 Å². The number of aliphatic hydroxyl groups excluding tert-OH is 2. The normalized spacial score (nSPS) is 28.7. The average Bonchev–Trinajstić information content (AvgIpc) is 3.60. The lowest BCUT2D eigenvalue weighted by atomic mass is 9.58. The standard InChI is InChI=1S/C25H29N3O6/c1-28(34-2)9-11-5-6-15(29)18-13(11)7-12-8-14-16(10-3-4-10)22(30)20(25(27)33)21(26)19(14)24(32)17(12)23(18)31/h5-6,10,12,14,16,19,26,29-30,32H,3-4,7-9H2,1-2H3,(H2,27,33). The number of allylic oxidation sites excluding steroid dienone is 3. The van der Waals surface area contributed by atoms with Gasteiger partial charge in [-0.15, -0.1) is 0 Å². The lowest BCUT2D eigenvalue weighted by Crippen LogP contribution is -2.47. The molecule has 0 spiro atoms. The van der Waals surface area contributed by atoms with Crippen molar-refractivity contribution in [2.75, 3.05) is 14.2 Å². The quantitative estimate of drug-likeness (QED) is 0.416. The molecule has 1 aromatic carbocycles. The molecule has 1 aromatic rings. The molecule has 0 aromatic heterocycles. The third-order valence-corrected chi connectivity index (χ3v) is 7.97. The third-order valence-electron chi connectivity index (χ3n) is 7.97. The number of rotatable bonds is 5. The number of carbonyl (C=O) groups is 2. The Balaban J connectivity index is 1.63. The molecular weight excluding hydrogens is 438 g/mol. The molecule has 5 rings (SSSR count). The minimum absolute atomic E-state index is 0.153. The third kappa shape index (κ3) is 3.25. The van der Waals surface area contributed by atoms with Crippen molar-refractivity contribution in [2.24, 2.45) is 35.3 Å². The molecule has 1 fully saturated rings. The van der Waals surface area contributed by atoms with Gasteiger partial charge in [0.1, 0.15) is 17.3 Å². The van der Waals surface area contributed by atoms with Crippen molar-refractivity contribution in [3.8, 4) is 5.75 Å². The fourth-order valence-electron chi connectivity index (χ4n) is 6.30. The number of nitrogens with zero attached hydrogens (tertiary/aromatic N) is 1. The van der Waals surface area contributed by atoms with Gasteiger partial charge < -0.3 is 31.3 Å². The molecule has 4 aliphatic carbocycles. The molecule has 1 saturated carbocycles. The second-order valence-corrected chi connectivity index (χ2v) is 9.87. The van der Waals surface area contributed by atoms with E-state index < -0.39 is 17.6 Å². The van der Waals surface area contributed by atoms with Gasteiger partial charge >= 0.3 is 0 Å². The van der Waals surface area contributed by atoms with Crippen molar-refractivity contribution in [2.45, 2.75) is 32.2 Å². The van der Waals surface area contributed by atoms with Gasteiger partial charge in [-0.3, -0.25) is 9.59 Å². The first-order valence-corrected chi connectivity index (χ1v) is 11.5. The van der Waals surface area contributed by atoms with Crippen LogP contribution < -0.4 is 5.73 Å². The molecule has 0 heterocycles. The predicted molar refractivity (Wildman–Crippen MR) is 122 cm³/mol. The zero-order valence-corrected chi connectivity index (χ0v) is 19.2. The number of aliphatic hydroxyl groups is 2. The van der Waals surface area contributed by atoms with Crippen molar-refractivity contribution in [3.63, 3.8) is 0 Å². The van der Waals surface area contributed by atoms with Gasteiger partial charge in [-0.25, -0.2) is 0 Å². The summed E-state index contributed by atoms with van der Waals surface area (Å²) in [5.41, 5.74) is 6.92. The number of aromatic hydroxyl groups is 1. The number of hydroxylamine groups is 2. The number of nitrogens with two attached hydrogens (primary N) is 1. The maximum absolute atomic E-state index is 13.6. The first-order valence-electron chi connectivity index (χ1n) is 11.5. The topological polar surface area (TPSA) is 157 Å². The van der Waals surface area contributed by atoms with E-state index in [4.69, 9.17) is 16.0 Å². The molecular formula is C25H29N3O6. The molecule has 0 aliphatic heterocycles. The molecule has 9 nitrogen and oxygen atoms in total. The number of hydrogen-bond acceptors (Lipinski definition) is 8. The molecule has 34 heavy (non-hydrogen) atoms. The van der Waals surface area contributed by atoms with Gasteiger partial charge in [-0.05, 0) is 60.6 Å². The van der Waals surface area contributed by atoms with E-state index in [9.17, 15) is 24.9 Å². The summed E-state index contributed by atoms with van der Waals surface area (Å²) in [6.45, 7) is 0.414. The maximum Gasteiger partial charge on any atom is 0.253 e. The highest BCUT2D eigenvalue weighted by molar-refractivity contribution is 6.23. The molecule has 4 aliphatic rings. The van der Waals surface area contributed by atoms with Crippen LogP contribution in [0.2, 0.25) is 0 Å². The zero-order chi connectivity index (χ0) is 24.5. The highest BCUT2D eigenvalue weighted by Crippen LogP contribution is 2.56. The van der Waals surface area contributed by atoms with Crippen molar-refractivity contribution in [3.05, 3.63) is 51.5 Å². The van der Waals surface area contributed by atoms with Crippen LogP contribution in [0.3, 0.4) is 0 Å². The first-order chi connectivity index (χ1) is 16.1. The zero-order valence-electron chi connectivity index (χ0n) is 19.2. The number of phenolic OH excluding ortho intramolecular Hbond substituents is 1. The molecule has 4 unspecified atom stereocenters. The molecule has 1 amide bonds. The fraction of sp³-hybridized carbons (Fsp3) is 0.480. The minimum atomic E-state index is -0.906. The highest BCUT2D eigenvalue weighted by Gasteiger charge is 2.55. The maximum atomic E-state index is 13.6. The monoisotopic (exact) mass is 467 g/mol. The summed E-state index contributed by atoms with van der Waals surface area (Å²) in [5.74, 6) is -3.66. The van der Waals surface area contributed by atoms with Crippen molar-refractivity contribution < 1.29 is 29.7 Å². The van der Waals surface area contributed by atoms with E-state index in [-0.39, 0.29) is 63.4 Å². The Morgan fingerprint density at radius 3 is 2.56 bits per heavy atom. The van der Waals surface area contributed by atoms with Crippen LogP contribution in [0.25, 0.3) is 0 Å². The molecule has 0 radical (unpaired) electrons. The number of primary amides is 1. The van der Waals surface area contributed by atoms with E-state index >= 15 is 0 Å². The van der Waals surface area contributed by atoms with E-state index in [1.54, 1.807) is 25.3 Å². The summed E-state index contributed by atoms with van der Waals surface area (Å²) < 4.78 is 0. The van der Waals surface area contributed by atoms with E-state index in [1.165, 1.54) is 6.07 Å². The van der Waals surface area contributed by atoms with E-state index in [2.05, 4.69) is 0 Å². The smallest absolute Gasteiger partial charge is 0.253 e. The summed E-state index contributed by atoms with van der Waals surface area (Å²) in [6, 6.07) is 3.24. The molecule has 0 bridgehead atoms. The predicted octanol–water partition coefficient (Wildman–Crippen LogP) is 2.55. The molecule has 9 heteroatoms. The SMILES string of the molecule is CON(C)Cc1ccc(O)c2c1CC1CC3C(C(=N)C(C(N)=O)=C(O)C3C3CC3)C(O)=C1C2=O. The largest absolute Gasteiger partial charge is 0.511 e. The summed E-state index contributed by atoms with van der Waals surface area (Å²) in [5, 5.41) is 43.1. The van der Waals surface area contributed by atoms with Crippen LogP contribution in [0.4, 0.5) is 0 Å². The van der Waals surface area contributed by atoms with Crippen LogP contribution in [0, 0.1) is 35.0 Å². The van der Waals surface area contributed by atoms with Gasteiger partial charge in [0.05, 0.1) is 29.9 Å². The van der Waals surface area contributed by atoms with Gasteiger partial charge in [-0.2, -0.15) is 5.06 Å². The number of ketones is 1. The van der Waals surface area contributed by atoms with E-state index in [0.29, 0.717) is 19.4 Å². The van der Waals surface area contributed by atoms with Crippen molar-refractivity contribution >= 4 is 17.4 Å². The molecule has 4 atom stereocenters. The summed E-state index contributed by atoms with van der Waals surface area (Å²) in [7, 11) is 3.32. The average molecular weight is 468 g/mol. The number of benzene rings is 1. The number of nitrogens with one attached hydrogen (secondary N) is 1. The summed E-state index contributed by atoms with van der Waals surface area (Å²) >= 11 is 0. The van der Waals surface area contributed by atoms with Crippen molar-refractivity contribution in [1.29, 1.82) is 5.41 Å². The molecule has 0 saturated heterocycles. The lowest BCUT2D eigenvalue weighted by Gasteiger charge is -2.45. The summed E-state index contributed by atoms with van der Waals surface area (Å²) in [6.07, 6.45) is 2.69. The van der Waals surface area contributed by atoms with E-state index in [0.717, 1.165) is 24.0 Å². The number of Topliss-reactive ketones (excluding diaryl/α,β-unsaturated/α-hetero) is 1. The number of amides is 1. The molecule has 6 N–H and O–H groups in total. The Bertz CT molecular complexity index is 1180. The Labute approximate surface area is 197 Å². The van der Waals surface area contributed by atoms with E-state index in [1.807, 2.05) is 0 Å². The second kappa shape index (κ2) is 7.95. The van der Waals surface area contributed by atoms with Crippen LogP contribution in [0.15, 0.2) is 34.8 Å². The Morgan fingerprint density at radius 2 is 1.94 bits per heavy atom. The number of hydrogen-bond donors (Lipinski definition) is 5. The van der Waals surface area contributed by atoms with Crippen LogP contribution in [0.1, 0.15) is 40.7 Å².